The smallest absolute Gasteiger partial charge is 0.264 e. The summed E-state index contributed by atoms with van der Waals surface area (Å²) < 4.78 is 30.9. The molecular weight excluding hydrogens is 556 g/mol. The summed E-state index contributed by atoms with van der Waals surface area (Å²) in [6.45, 7) is 6.24. The molecule has 1 aromatic rings. The maximum Gasteiger partial charge on any atom is 0.264 e. The molecule has 1 aromatic carbocycles. The zero-order chi connectivity index (χ0) is 26.9. The first-order chi connectivity index (χ1) is 17.6. The first-order valence-corrected chi connectivity index (χ1v) is 15.2. The minimum Gasteiger partial charge on any atom is -0.383 e. The van der Waals surface area contributed by atoms with Crippen LogP contribution in [0.3, 0.4) is 0 Å². The number of aryl methyl sites for hydroxylation is 2. The van der Waals surface area contributed by atoms with Crippen molar-refractivity contribution in [1.82, 2.24) is 9.55 Å². The normalized spacial score (nSPS) is 14.8. The monoisotopic (exact) mass is 592 g/mol. The molecule has 0 saturated carbocycles. The molecule has 0 bridgehead atoms. The van der Waals surface area contributed by atoms with Crippen LogP contribution in [-0.4, -0.2) is 65.1 Å². The Hall–Kier alpha value is -2.50. The van der Waals surface area contributed by atoms with Crippen molar-refractivity contribution in [2.24, 2.45) is 5.92 Å². The summed E-state index contributed by atoms with van der Waals surface area (Å²) in [6, 6.07) is 6.39. The molecule has 202 valence electrons. The highest BCUT2D eigenvalue weighted by Crippen LogP contribution is 2.48. The molecule has 0 unspecified atom stereocenters. The lowest BCUT2D eigenvalue weighted by Gasteiger charge is -2.37. The maximum atomic E-state index is 11.3. The van der Waals surface area contributed by atoms with Gasteiger partial charge in [0.1, 0.15) is 11.6 Å². The number of nitrogens with zero attached hydrogens (tertiary/aromatic N) is 3. The van der Waals surface area contributed by atoms with Gasteiger partial charge in [-0.15, -0.1) is 0 Å². The van der Waals surface area contributed by atoms with Crippen LogP contribution in [0.15, 0.2) is 22.7 Å². The molecule has 3 N–H and O–H groups in total. The number of hydrogen-bond acceptors (Lipinski definition) is 8. The summed E-state index contributed by atoms with van der Waals surface area (Å²) in [5, 5.41) is 10.2. The fourth-order valence-corrected chi connectivity index (χ4v) is 6.52. The van der Waals surface area contributed by atoms with Crippen molar-refractivity contribution in [2.45, 2.75) is 33.1 Å². The molecule has 9 nitrogen and oxygen atoms in total. The fourth-order valence-electron chi connectivity index (χ4n) is 5.43. The van der Waals surface area contributed by atoms with E-state index in [0.717, 1.165) is 94.3 Å². The number of rotatable bonds is 9. The summed E-state index contributed by atoms with van der Waals surface area (Å²) in [5.41, 5.74) is 6.63. The van der Waals surface area contributed by atoms with E-state index in [2.05, 4.69) is 73.4 Å². The van der Waals surface area contributed by atoms with Crippen molar-refractivity contribution in [3.8, 4) is 17.1 Å². The summed E-state index contributed by atoms with van der Waals surface area (Å²) in [5.74, 6) is 3.09. The molecule has 4 rings (SSSR count). The van der Waals surface area contributed by atoms with E-state index in [1.807, 2.05) is 21.1 Å². The van der Waals surface area contributed by atoms with Gasteiger partial charge in [-0.1, -0.05) is 15.9 Å². The van der Waals surface area contributed by atoms with Crippen LogP contribution in [0.2, 0.25) is 0 Å². The minimum absolute atomic E-state index is 0.245. The Kier molecular flexibility index (Phi) is 8.25. The van der Waals surface area contributed by atoms with Crippen LogP contribution in [0.4, 0.5) is 23.0 Å². The van der Waals surface area contributed by atoms with Crippen LogP contribution in [0, 0.1) is 19.8 Å². The molecule has 1 fully saturated rings. The van der Waals surface area contributed by atoms with Crippen molar-refractivity contribution in [2.75, 3.05) is 67.9 Å². The van der Waals surface area contributed by atoms with E-state index >= 15 is 0 Å². The van der Waals surface area contributed by atoms with Crippen LogP contribution in [0.5, 0.6) is 0 Å². The number of anilines is 4. The lowest BCUT2D eigenvalue weighted by Crippen LogP contribution is -2.35. The van der Waals surface area contributed by atoms with E-state index < -0.39 is 10.1 Å². The van der Waals surface area contributed by atoms with E-state index in [4.69, 9.17) is 9.17 Å². The number of fused-ring (bicyclic) bond motifs is 1. The van der Waals surface area contributed by atoms with Crippen molar-refractivity contribution >= 4 is 49.1 Å². The molecule has 0 atom stereocenters. The van der Waals surface area contributed by atoms with Crippen LogP contribution in [-0.2, 0) is 14.3 Å². The van der Waals surface area contributed by atoms with Gasteiger partial charge in [0.25, 0.3) is 10.1 Å². The Morgan fingerprint density at radius 1 is 1.03 bits per heavy atom. The number of nitrogens with one attached hydrogen (secondary N) is 3. The molecule has 0 aliphatic carbocycles. The fraction of sp³-hybridized carbons (Fsp3) is 0.500. The Morgan fingerprint density at radius 3 is 2.22 bits per heavy atom. The molecule has 1 saturated heterocycles. The van der Waals surface area contributed by atoms with Gasteiger partial charge in [-0.3, -0.25) is 8.75 Å². The number of aromatic nitrogens is 2. The van der Waals surface area contributed by atoms with E-state index in [-0.39, 0.29) is 6.61 Å². The van der Waals surface area contributed by atoms with Gasteiger partial charge < -0.3 is 20.9 Å². The summed E-state index contributed by atoms with van der Waals surface area (Å²) in [7, 11) is 2.40. The molecule has 0 radical (unpaired) electrons. The Balaban J connectivity index is 1.78. The van der Waals surface area contributed by atoms with Gasteiger partial charge in [-0.25, -0.2) is 4.98 Å². The molecule has 3 aliphatic rings. The average Bonchev–Trinajstić information content (AvgIpc) is 3.26. The SMILES string of the molecule is CNc1cc2c(N3CCC(CCOS(C)(=O)=O)CC3)c(NC)c(NC)n(-c3c(C)cc(Br)cc3C)c-2n1. The molecule has 3 heterocycles. The zero-order valence-corrected chi connectivity index (χ0v) is 24.8. The number of halogens is 1. The highest BCUT2D eigenvalue weighted by Gasteiger charge is 2.31. The minimum atomic E-state index is -3.40. The number of benzene rings is 1. The Bertz CT molecular complexity index is 1330. The number of pyridine rings is 1. The van der Waals surface area contributed by atoms with Crippen LogP contribution >= 0.6 is 15.9 Å². The number of hydrogen-bond donors (Lipinski definition) is 3. The molecule has 11 heteroatoms. The summed E-state index contributed by atoms with van der Waals surface area (Å²) in [6.07, 6.45) is 3.79. The second-order valence-corrected chi connectivity index (χ2v) is 12.2. The van der Waals surface area contributed by atoms with Gasteiger partial charge in [0.05, 0.1) is 29.9 Å². The summed E-state index contributed by atoms with van der Waals surface area (Å²) >= 11 is 3.64. The number of piperidine rings is 1. The lowest BCUT2D eigenvalue weighted by molar-refractivity contribution is 0.264. The average molecular weight is 594 g/mol. The van der Waals surface area contributed by atoms with Gasteiger partial charge in [0, 0.05) is 44.3 Å². The largest absolute Gasteiger partial charge is 0.383 e. The van der Waals surface area contributed by atoms with Crippen LogP contribution in [0.25, 0.3) is 17.1 Å². The molecular formula is C26H37BrN6O3S. The van der Waals surface area contributed by atoms with E-state index in [9.17, 15) is 8.42 Å². The van der Waals surface area contributed by atoms with E-state index in [1.165, 1.54) is 0 Å². The lowest BCUT2D eigenvalue weighted by atomic mass is 9.93. The van der Waals surface area contributed by atoms with Crippen molar-refractivity contribution in [3.05, 3.63) is 33.8 Å². The van der Waals surface area contributed by atoms with Crippen molar-refractivity contribution < 1.29 is 12.6 Å². The van der Waals surface area contributed by atoms with Gasteiger partial charge in [-0.05, 0) is 68.4 Å². The topological polar surface area (TPSA) is 101 Å². The molecule has 3 aliphatic heterocycles. The molecule has 0 aromatic heterocycles. The van der Waals surface area contributed by atoms with Crippen LogP contribution in [0.1, 0.15) is 30.4 Å². The highest BCUT2D eigenvalue weighted by molar-refractivity contribution is 9.10. The van der Waals surface area contributed by atoms with Gasteiger partial charge in [-0.2, -0.15) is 8.42 Å². The predicted octanol–water partition coefficient (Wildman–Crippen LogP) is 5.06. The molecule has 37 heavy (non-hydrogen) atoms. The van der Waals surface area contributed by atoms with Crippen molar-refractivity contribution in [3.63, 3.8) is 0 Å². The first-order valence-electron chi connectivity index (χ1n) is 12.6. The third-order valence-corrected chi connectivity index (χ3v) is 8.14. The quantitative estimate of drug-likeness (QED) is 0.296. The predicted molar refractivity (Wildman–Crippen MR) is 156 cm³/mol. The third kappa shape index (κ3) is 5.68. The summed E-state index contributed by atoms with van der Waals surface area (Å²) in [4.78, 5) is 7.43. The highest BCUT2D eigenvalue weighted by atomic mass is 79.9. The van der Waals surface area contributed by atoms with Crippen molar-refractivity contribution in [1.29, 1.82) is 0 Å². The van der Waals surface area contributed by atoms with Gasteiger partial charge in [0.2, 0.25) is 0 Å². The van der Waals surface area contributed by atoms with Gasteiger partial charge in [0.15, 0.2) is 5.82 Å². The standard InChI is InChI=1S/C26H37BrN6O3S/c1-16-13-19(27)14-17(2)23(16)33-25-20(15-21(28-3)31-25)24(22(29-4)26(33)30-5)32-10-7-18(8-11-32)9-12-36-37(6,34)35/h13-15,18,28-30H,7-12H2,1-6H3. The molecule has 0 spiro atoms. The first kappa shape index (κ1) is 27.5. The second-order valence-electron chi connectivity index (χ2n) is 9.67. The third-order valence-electron chi connectivity index (χ3n) is 7.09. The zero-order valence-electron chi connectivity index (χ0n) is 22.4. The second kappa shape index (κ2) is 11.1. The van der Waals surface area contributed by atoms with E-state index in [1.54, 1.807) is 0 Å². The maximum absolute atomic E-state index is 11.3. The van der Waals surface area contributed by atoms with Gasteiger partial charge >= 0.3 is 0 Å². The Morgan fingerprint density at radius 2 is 1.68 bits per heavy atom. The van der Waals surface area contributed by atoms with E-state index in [0.29, 0.717) is 5.92 Å². The van der Waals surface area contributed by atoms with Crippen LogP contribution < -0.4 is 20.9 Å². The Labute approximate surface area is 228 Å². The molecule has 0 amide bonds.